The molecular weight excluding hydrogens is 308 g/mol. The Balaban J connectivity index is 1.87. The van der Waals surface area contributed by atoms with Gasteiger partial charge in [-0.1, -0.05) is 60.2 Å². The molecule has 134 valence electrons. The molecule has 4 nitrogen and oxygen atoms in total. The maximum absolute atomic E-state index is 4.34. The average Bonchev–Trinajstić information content (AvgIpc) is 2.61. The minimum atomic E-state index is 0.403. The van der Waals surface area contributed by atoms with Crippen molar-refractivity contribution in [3.63, 3.8) is 0 Å². The maximum atomic E-state index is 4.34. The molecule has 0 heterocycles. The number of aliphatic imine (C=N–C) groups is 1. The summed E-state index contributed by atoms with van der Waals surface area (Å²) in [5, 5.41) is 6.84. The van der Waals surface area contributed by atoms with Gasteiger partial charge >= 0.3 is 0 Å². The summed E-state index contributed by atoms with van der Waals surface area (Å²) in [4.78, 5) is 6.60. The third kappa shape index (κ3) is 6.59. The van der Waals surface area contributed by atoms with E-state index in [0.717, 1.165) is 25.5 Å². The third-order valence-corrected chi connectivity index (χ3v) is 4.32. The van der Waals surface area contributed by atoms with Crippen molar-refractivity contribution in [3.8, 4) is 0 Å². The van der Waals surface area contributed by atoms with Gasteiger partial charge in [-0.05, 0) is 38.6 Å². The van der Waals surface area contributed by atoms with E-state index in [4.69, 9.17) is 0 Å². The Kier molecular flexibility index (Phi) is 7.48. The van der Waals surface area contributed by atoms with Crippen LogP contribution in [0.2, 0.25) is 0 Å². The van der Waals surface area contributed by atoms with E-state index in [2.05, 4.69) is 96.1 Å². The van der Waals surface area contributed by atoms with Crippen LogP contribution in [0.5, 0.6) is 0 Å². The number of likely N-dealkylation sites (N-methyl/N-ethyl adjacent to an activating group) is 1. The smallest absolute Gasteiger partial charge is 0.191 e. The largest absolute Gasteiger partial charge is 0.355 e. The highest BCUT2D eigenvalue weighted by Gasteiger charge is 2.13. The zero-order valence-corrected chi connectivity index (χ0v) is 15.8. The van der Waals surface area contributed by atoms with Gasteiger partial charge in [-0.25, -0.2) is 0 Å². The van der Waals surface area contributed by atoms with Crippen LogP contribution in [0.1, 0.15) is 16.7 Å². The van der Waals surface area contributed by atoms with E-state index < -0.39 is 0 Å². The number of benzene rings is 2. The first-order valence-corrected chi connectivity index (χ1v) is 8.79. The van der Waals surface area contributed by atoms with Crippen LogP contribution in [0.25, 0.3) is 0 Å². The summed E-state index contributed by atoms with van der Waals surface area (Å²) >= 11 is 0. The fraction of sp³-hybridized carbons (Fsp3) is 0.381. The predicted molar refractivity (Wildman–Crippen MR) is 107 cm³/mol. The van der Waals surface area contributed by atoms with Gasteiger partial charge in [0.2, 0.25) is 0 Å². The molecule has 0 aliphatic heterocycles. The van der Waals surface area contributed by atoms with Crippen molar-refractivity contribution in [3.05, 3.63) is 71.3 Å². The van der Waals surface area contributed by atoms with Gasteiger partial charge in [0.25, 0.3) is 0 Å². The molecule has 25 heavy (non-hydrogen) atoms. The lowest BCUT2D eigenvalue weighted by Gasteiger charge is -2.25. The number of guanidine groups is 1. The van der Waals surface area contributed by atoms with Crippen LogP contribution < -0.4 is 10.6 Å². The molecule has 0 spiro atoms. The second kappa shape index (κ2) is 9.84. The summed E-state index contributed by atoms with van der Waals surface area (Å²) in [6.45, 7) is 3.73. The quantitative estimate of drug-likeness (QED) is 0.602. The molecule has 0 fully saturated rings. The first-order chi connectivity index (χ1) is 12.1. The number of hydrogen-bond acceptors (Lipinski definition) is 2. The molecule has 0 aliphatic rings. The number of nitrogens with zero attached hydrogens (tertiary/aromatic N) is 2. The van der Waals surface area contributed by atoms with Gasteiger partial charge < -0.3 is 15.5 Å². The molecule has 2 N–H and O–H groups in total. The summed E-state index contributed by atoms with van der Waals surface area (Å²) < 4.78 is 0. The average molecular weight is 338 g/mol. The topological polar surface area (TPSA) is 39.7 Å². The number of rotatable bonds is 7. The first-order valence-electron chi connectivity index (χ1n) is 8.79. The zero-order chi connectivity index (χ0) is 18.1. The molecule has 2 rings (SSSR count). The summed E-state index contributed by atoms with van der Waals surface area (Å²) in [6, 6.07) is 19.5. The van der Waals surface area contributed by atoms with Crippen molar-refractivity contribution in [2.75, 3.05) is 27.7 Å². The molecule has 0 aromatic heterocycles. The van der Waals surface area contributed by atoms with Crippen molar-refractivity contribution in [2.24, 2.45) is 4.99 Å². The van der Waals surface area contributed by atoms with E-state index in [1.54, 1.807) is 0 Å². The summed E-state index contributed by atoms with van der Waals surface area (Å²) in [5.74, 6) is 0.835. The number of aryl methyl sites for hydroxylation is 1. The molecule has 0 bridgehead atoms. The molecule has 2 aromatic carbocycles. The molecule has 0 saturated heterocycles. The molecule has 0 saturated carbocycles. The van der Waals surface area contributed by atoms with Crippen molar-refractivity contribution < 1.29 is 0 Å². The second-order valence-electron chi connectivity index (χ2n) is 6.60. The maximum Gasteiger partial charge on any atom is 0.191 e. The Morgan fingerprint density at radius 2 is 1.72 bits per heavy atom. The molecule has 0 amide bonds. The predicted octanol–water partition coefficient (Wildman–Crippen LogP) is 2.83. The molecule has 0 aliphatic carbocycles. The van der Waals surface area contributed by atoms with E-state index in [1.165, 1.54) is 16.7 Å². The van der Waals surface area contributed by atoms with Crippen molar-refractivity contribution in [1.82, 2.24) is 15.5 Å². The molecule has 1 atom stereocenters. The van der Waals surface area contributed by atoms with Gasteiger partial charge in [0.05, 0.1) is 0 Å². The molecule has 0 radical (unpaired) electrons. The number of nitrogens with one attached hydrogen (secondary N) is 2. The third-order valence-electron chi connectivity index (χ3n) is 4.32. The van der Waals surface area contributed by atoms with E-state index in [1.807, 2.05) is 7.05 Å². The van der Waals surface area contributed by atoms with Gasteiger partial charge in [-0.15, -0.1) is 0 Å². The number of hydrogen-bond donors (Lipinski definition) is 2. The lowest BCUT2D eigenvalue weighted by atomic mass is 10.1. The standard InChI is InChI=1S/C21H30N4/c1-17-9-8-12-19(13-17)15-23-21(22-2)24-16-20(25(3)4)14-18-10-6-5-7-11-18/h5-13,20H,14-16H2,1-4H3,(H2,22,23,24). The lowest BCUT2D eigenvalue weighted by molar-refractivity contribution is 0.290. The highest BCUT2D eigenvalue weighted by atomic mass is 15.2. The Labute approximate surface area is 152 Å². The normalized spacial score (nSPS) is 12.9. The summed E-state index contributed by atoms with van der Waals surface area (Å²) in [7, 11) is 6.06. The van der Waals surface area contributed by atoms with Crippen LogP contribution >= 0.6 is 0 Å². The van der Waals surface area contributed by atoms with Crippen LogP contribution in [0, 0.1) is 6.92 Å². The first kappa shape index (κ1) is 19.0. The highest BCUT2D eigenvalue weighted by Crippen LogP contribution is 2.06. The Morgan fingerprint density at radius 3 is 2.36 bits per heavy atom. The fourth-order valence-electron chi connectivity index (χ4n) is 2.77. The summed E-state index contributed by atoms with van der Waals surface area (Å²) in [6.07, 6.45) is 1.01. The van der Waals surface area contributed by atoms with Crippen LogP contribution in [0.4, 0.5) is 0 Å². The van der Waals surface area contributed by atoms with Gasteiger partial charge in [-0.3, -0.25) is 4.99 Å². The lowest BCUT2D eigenvalue weighted by Crippen LogP contribution is -2.45. The van der Waals surface area contributed by atoms with Crippen LogP contribution in [0.3, 0.4) is 0 Å². The van der Waals surface area contributed by atoms with Crippen molar-refractivity contribution >= 4 is 5.96 Å². The van der Waals surface area contributed by atoms with Gasteiger partial charge in [-0.2, -0.15) is 0 Å². The second-order valence-corrected chi connectivity index (χ2v) is 6.60. The zero-order valence-electron chi connectivity index (χ0n) is 15.8. The Hall–Kier alpha value is -2.33. The fourth-order valence-corrected chi connectivity index (χ4v) is 2.77. The van der Waals surface area contributed by atoms with Crippen LogP contribution in [-0.2, 0) is 13.0 Å². The minimum absolute atomic E-state index is 0.403. The monoisotopic (exact) mass is 338 g/mol. The minimum Gasteiger partial charge on any atom is -0.355 e. The molecule has 2 aromatic rings. The van der Waals surface area contributed by atoms with Gasteiger partial charge in [0.15, 0.2) is 5.96 Å². The Bertz CT molecular complexity index is 665. The summed E-state index contributed by atoms with van der Waals surface area (Å²) in [5.41, 5.74) is 3.89. The van der Waals surface area contributed by atoms with E-state index in [0.29, 0.717) is 6.04 Å². The van der Waals surface area contributed by atoms with E-state index in [9.17, 15) is 0 Å². The highest BCUT2D eigenvalue weighted by molar-refractivity contribution is 5.79. The molecule has 1 unspecified atom stereocenters. The van der Waals surface area contributed by atoms with E-state index in [-0.39, 0.29) is 0 Å². The van der Waals surface area contributed by atoms with Crippen LogP contribution in [0.15, 0.2) is 59.6 Å². The van der Waals surface area contributed by atoms with Crippen molar-refractivity contribution in [2.45, 2.75) is 25.9 Å². The van der Waals surface area contributed by atoms with E-state index >= 15 is 0 Å². The van der Waals surface area contributed by atoms with Gasteiger partial charge in [0, 0.05) is 26.2 Å². The van der Waals surface area contributed by atoms with Crippen molar-refractivity contribution in [1.29, 1.82) is 0 Å². The van der Waals surface area contributed by atoms with Crippen LogP contribution in [-0.4, -0.2) is 44.6 Å². The Morgan fingerprint density at radius 1 is 1.00 bits per heavy atom. The SMILES string of the molecule is CN=C(NCc1cccc(C)c1)NCC(Cc1ccccc1)N(C)C. The molecular formula is C21H30N4. The van der Waals surface area contributed by atoms with Gasteiger partial charge in [0.1, 0.15) is 0 Å². The molecule has 4 heteroatoms.